The molecule has 0 radical (unpaired) electrons. The largest absolute Gasteiger partial charge is 0.303 e. The molecular weight excluding hydrogens is 232 g/mol. The molecule has 1 aromatic rings. The van der Waals surface area contributed by atoms with Gasteiger partial charge in [-0.3, -0.25) is 0 Å². The lowest BCUT2D eigenvalue weighted by molar-refractivity contribution is 0.141. The number of rotatable bonds is 2. The predicted octanol–water partition coefficient (Wildman–Crippen LogP) is 3.32. The van der Waals surface area contributed by atoms with Crippen LogP contribution in [0.2, 0.25) is 0 Å². The first-order valence-corrected chi connectivity index (χ1v) is 7.57. The summed E-state index contributed by atoms with van der Waals surface area (Å²) in [5, 5.41) is 9.36. The zero-order chi connectivity index (χ0) is 13.2. The van der Waals surface area contributed by atoms with E-state index in [1.165, 1.54) is 50.0 Å². The minimum Gasteiger partial charge on any atom is -0.303 e. The minimum absolute atomic E-state index is 0.632. The Kier molecular flexibility index (Phi) is 3.57. The molecule has 0 aromatic heterocycles. The molecule has 0 saturated carbocycles. The minimum atomic E-state index is 0.632. The normalized spacial score (nSPS) is 26.3. The zero-order valence-electron chi connectivity index (χ0n) is 11.7. The number of aryl methyl sites for hydroxylation is 1. The topological polar surface area (TPSA) is 27.0 Å². The van der Waals surface area contributed by atoms with Gasteiger partial charge in [0.1, 0.15) is 0 Å². The van der Waals surface area contributed by atoms with Gasteiger partial charge in [0.05, 0.1) is 11.6 Å². The van der Waals surface area contributed by atoms with E-state index in [4.69, 9.17) is 0 Å². The van der Waals surface area contributed by atoms with Crippen molar-refractivity contribution >= 4 is 0 Å². The van der Waals surface area contributed by atoms with Gasteiger partial charge in [0.2, 0.25) is 0 Å². The third-order valence-electron chi connectivity index (χ3n) is 4.83. The van der Waals surface area contributed by atoms with Gasteiger partial charge < -0.3 is 4.90 Å². The van der Waals surface area contributed by atoms with Crippen LogP contribution in [0.25, 0.3) is 0 Å². The Labute approximate surface area is 116 Å². The Morgan fingerprint density at radius 3 is 3.05 bits per heavy atom. The summed E-state index contributed by atoms with van der Waals surface area (Å²) in [6.07, 6.45) is 4.94. The lowest BCUT2D eigenvalue weighted by Gasteiger charge is -2.42. The molecular formula is C17H22N2. The molecule has 2 atom stereocenters. The Bertz CT molecular complexity index is 500. The van der Waals surface area contributed by atoms with Gasteiger partial charge >= 0.3 is 0 Å². The first-order valence-electron chi connectivity index (χ1n) is 7.57. The van der Waals surface area contributed by atoms with E-state index in [1.54, 1.807) is 0 Å². The van der Waals surface area contributed by atoms with Gasteiger partial charge in [0.15, 0.2) is 0 Å². The fraction of sp³-hybridized carbons (Fsp3) is 0.588. The van der Waals surface area contributed by atoms with Gasteiger partial charge in [0.25, 0.3) is 0 Å². The summed E-state index contributed by atoms with van der Waals surface area (Å²) in [6, 6.07) is 8.68. The first-order chi connectivity index (χ1) is 9.33. The number of fused-ring (bicyclic) bond motifs is 3. The molecule has 0 unspecified atom stereocenters. The van der Waals surface area contributed by atoms with Crippen LogP contribution in [0.3, 0.4) is 0 Å². The highest BCUT2D eigenvalue weighted by molar-refractivity contribution is 5.47. The van der Waals surface area contributed by atoms with Gasteiger partial charge in [-0.15, -0.1) is 0 Å². The first kappa shape index (κ1) is 12.7. The monoisotopic (exact) mass is 254 g/mol. The molecule has 1 heterocycles. The van der Waals surface area contributed by atoms with Crippen LogP contribution >= 0.6 is 0 Å². The zero-order valence-corrected chi connectivity index (χ0v) is 11.7. The molecule has 2 heteroatoms. The molecule has 19 heavy (non-hydrogen) atoms. The van der Waals surface area contributed by atoms with Crippen molar-refractivity contribution < 1.29 is 0 Å². The number of piperidine rings is 1. The summed E-state index contributed by atoms with van der Waals surface area (Å²) >= 11 is 0. The van der Waals surface area contributed by atoms with Crippen LogP contribution in [0.1, 0.15) is 48.8 Å². The van der Waals surface area contributed by atoms with Crippen molar-refractivity contribution in [3.63, 3.8) is 0 Å². The molecule has 2 nitrogen and oxygen atoms in total. The SMILES string of the molecule is CCCN1CC[C@H]2c3c(C#N)cccc3CC[C@@H]2C1. The summed E-state index contributed by atoms with van der Waals surface area (Å²) in [5.74, 6) is 1.40. The smallest absolute Gasteiger partial charge is 0.0994 e. The molecule has 0 N–H and O–H groups in total. The summed E-state index contributed by atoms with van der Waals surface area (Å²) in [7, 11) is 0. The molecule has 1 aliphatic carbocycles. The summed E-state index contributed by atoms with van der Waals surface area (Å²) in [6.45, 7) is 5.93. The van der Waals surface area contributed by atoms with Crippen molar-refractivity contribution in [2.45, 2.75) is 38.5 Å². The van der Waals surface area contributed by atoms with E-state index in [2.05, 4.69) is 24.0 Å². The third kappa shape index (κ3) is 2.28. The van der Waals surface area contributed by atoms with E-state index >= 15 is 0 Å². The Morgan fingerprint density at radius 2 is 2.26 bits per heavy atom. The van der Waals surface area contributed by atoms with Gasteiger partial charge in [-0.25, -0.2) is 0 Å². The van der Waals surface area contributed by atoms with Crippen molar-refractivity contribution in [2.75, 3.05) is 19.6 Å². The van der Waals surface area contributed by atoms with E-state index in [0.717, 1.165) is 17.9 Å². The Morgan fingerprint density at radius 1 is 1.37 bits per heavy atom. The second-order valence-corrected chi connectivity index (χ2v) is 5.98. The van der Waals surface area contributed by atoms with Crippen LogP contribution < -0.4 is 0 Å². The van der Waals surface area contributed by atoms with Crippen molar-refractivity contribution in [3.05, 3.63) is 34.9 Å². The van der Waals surface area contributed by atoms with Crippen molar-refractivity contribution in [3.8, 4) is 6.07 Å². The maximum Gasteiger partial charge on any atom is 0.0994 e. The molecule has 3 rings (SSSR count). The average molecular weight is 254 g/mol. The van der Waals surface area contributed by atoms with Crippen LogP contribution in [0.5, 0.6) is 0 Å². The standard InChI is InChI=1S/C17H22N2/c1-2-9-19-10-8-16-15(12-19)7-6-13-4-3-5-14(11-18)17(13)16/h3-5,15-16H,2,6-10,12H2,1H3/t15-,16-/m1/s1. The van der Waals surface area contributed by atoms with E-state index in [-0.39, 0.29) is 0 Å². The molecule has 0 amide bonds. The Hall–Kier alpha value is -1.33. The quantitative estimate of drug-likeness (QED) is 0.809. The number of nitrogens with zero attached hydrogens (tertiary/aromatic N) is 2. The molecule has 2 aliphatic rings. The summed E-state index contributed by atoms with van der Waals surface area (Å²) in [4.78, 5) is 2.61. The molecule has 100 valence electrons. The number of hydrogen-bond donors (Lipinski definition) is 0. The maximum atomic E-state index is 9.36. The highest BCUT2D eigenvalue weighted by atomic mass is 15.1. The number of hydrogen-bond acceptors (Lipinski definition) is 2. The van der Waals surface area contributed by atoms with Crippen LogP contribution in [-0.4, -0.2) is 24.5 Å². The average Bonchev–Trinajstić information content (AvgIpc) is 2.46. The van der Waals surface area contributed by atoms with E-state index in [0.29, 0.717) is 5.92 Å². The second-order valence-electron chi connectivity index (χ2n) is 5.98. The highest BCUT2D eigenvalue weighted by Crippen LogP contribution is 2.42. The van der Waals surface area contributed by atoms with E-state index in [1.807, 2.05) is 12.1 Å². The summed E-state index contributed by atoms with van der Waals surface area (Å²) < 4.78 is 0. The maximum absolute atomic E-state index is 9.36. The van der Waals surface area contributed by atoms with Gasteiger partial charge in [-0.2, -0.15) is 5.26 Å². The molecule has 1 aromatic carbocycles. The molecule has 0 spiro atoms. The molecule has 1 aliphatic heterocycles. The molecule has 0 bridgehead atoms. The number of likely N-dealkylation sites (tertiary alicyclic amines) is 1. The van der Waals surface area contributed by atoms with Crippen molar-refractivity contribution in [2.24, 2.45) is 5.92 Å². The highest BCUT2D eigenvalue weighted by Gasteiger charge is 2.35. The Balaban J connectivity index is 1.88. The lowest BCUT2D eigenvalue weighted by atomic mass is 9.70. The van der Waals surface area contributed by atoms with Crippen LogP contribution in [-0.2, 0) is 6.42 Å². The predicted molar refractivity (Wildman–Crippen MR) is 77.1 cm³/mol. The van der Waals surface area contributed by atoms with Crippen molar-refractivity contribution in [1.29, 1.82) is 5.26 Å². The second kappa shape index (κ2) is 5.35. The van der Waals surface area contributed by atoms with Gasteiger partial charge in [-0.1, -0.05) is 19.1 Å². The van der Waals surface area contributed by atoms with E-state index < -0.39 is 0 Å². The van der Waals surface area contributed by atoms with Crippen LogP contribution in [0.4, 0.5) is 0 Å². The summed E-state index contributed by atoms with van der Waals surface area (Å²) in [5.41, 5.74) is 3.75. The third-order valence-corrected chi connectivity index (χ3v) is 4.83. The number of nitriles is 1. The van der Waals surface area contributed by atoms with Gasteiger partial charge in [0, 0.05) is 6.54 Å². The fourth-order valence-corrected chi connectivity index (χ4v) is 4.01. The number of benzene rings is 1. The van der Waals surface area contributed by atoms with Crippen LogP contribution in [0, 0.1) is 17.2 Å². The van der Waals surface area contributed by atoms with Crippen molar-refractivity contribution in [1.82, 2.24) is 4.90 Å². The molecule has 1 saturated heterocycles. The van der Waals surface area contributed by atoms with Crippen LogP contribution in [0.15, 0.2) is 18.2 Å². The van der Waals surface area contributed by atoms with E-state index in [9.17, 15) is 5.26 Å². The van der Waals surface area contributed by atoms with Gasteiger partial charge in [-0.05, 0) is 67.8 Å². The lowest BCUT2D eigenvalue weighted by Crippen LogP contribution is -2.41. The molecule has 1 fully saturated rings. The fourth-order valence-electron chi connectivity index (χ4n) is 4.01.